The van der Waals surface area contributed by atoms with Gasteiger partial charge in [-0.15, -0.1) is 0 Å². The number of aryl methyl sites for hydroxylation is 1. The summed E-state index contributed by atoms with van der Waals surface area (Å²) in [5.41, 5.74) is 6.32. The zero-order valence-corrected chi connectivity index (χ0v) is 22.0. The van der Waals surface area contributed by atoms with E-state index in [1.165, 1.54) is 22.4 Å². The molecule has 1 N–H and O–H groups in total. The van der Waals surface area contributed by atoms with Gasteiger partial charge in [-0.05, 0) is 85.4 Å². The molecular formula is C32H41NO3. The Morgan fingerprint density at radius 1 is 1.06 bits per heavy atom. The molecule has 1 heterocycles. The van der Waals surface area contributed by atoms with E-state index in [9.17, 15) is 5.11 Å². The Labute approximate surface area is 216 Å². The molecular weight excluding hydrogens is 446 g/mol. The molecule has 2 aromatic rings. The second kappa shape index (κ2) is 12.4. The third kappa shape index (κ3) is 6.11. The van der Waals surface area contributed by atoms with Gasteiger partial charge in [-0.3, -0.25) is 0 Å². The monoisotopic (exact) mass is 487 g/mol. The summed E-state index contributed by atoms with van der Waals surface area (Å²) in [6.07, 6.45) is 13.5. The lowest BCUT2D eigenvalue weighted by Gasteiger charge is -2.36. The van der Waals surface area contributed by atoms with E-state index in [0.29, 0.717) is 17.6 Å². The summed E-state index contributed by atoms with van der Waals surface area (Å²) in [7, 11) is 3.44. The molecule has 0 saturated carbocycles. The quantitative estimate of drug-likeness (QED) is 0.305. The molecule has 4 rings (SSSR count). The summed E-state index contributed by atoms with van der Waals surface area (Å²) in [4.78, 5) is 2.50. The molecule has 36 heavy (non-hydrogen) atoms. The van der Waals surface area contributed by atoms with Gasteiger partial charge in [0.05, 0.1) is 0 Å². The molecule has 1 saturated heterocycles. The van der Waals surface area contributed by atoms with Crippen molar-refractivity contribution in [2.24, 2.45) is 11.8 Å². The Morgan fingerprint density at radius 2 is 1.78 bits per heavy atom. The van der Waals surface area contributed by atoms with E-state index in [4.69, 9.17) is 9.47 Å². The fourth-order valence-electron chi connectivity index (χ4n) is 5.91. The number of phenols is 1. The highest BCUT2D eigenvalue weighted by Crippen LogP contribution is 2.45. The lowest BCUT2D eigenvalue weighted by atomic mass is 9.69. The van der Waals surface area contributed by atoms with Gasteiger partial charge in [-0.2, -0.15) is 0 Å². The number of benzene rings is 2. The van der Waals surface area contributed by atoms with Crippen LogP contribution in [0.25, 0.3) is 0 Å². The molecule has 0 aromatic heterocycles. The number of hydrogen-bond acceptors (Lipinski definition) is 4. The van der Waals surface area contributed by atoms with Crippen molar-refractivity contribution in [1.82, 2.24) is 0 Å². The van der Waals surface area contributed by atoms with E-state index in [2.05, 4.69) is 60.0 Å². The maximum absolute atomic E-state index is 10.1. The average molecular weight is 488 g/mol. The smallest absolute Gasteiger partial charge is 0.157 e. The predicted octanol–water partition coefficient (Wildman–Crippen LogP) is 7.00. The Hall–Kier alpha value is -2.82. The Morgan fingerprint density at radius 3 is 2.44 bits per heavy atom. The van der Waals surface area contributed by atoms with Crippen molar-refractivity contribution in [3.05, 3.63) is 95.6 Å². The maximum Gasteiger partial charge on any atom is 0.157 e. The van der Waals surface area contributed by atoms with Gasteiger partial charge in [0, 0.05) is 45.3 Å². The van der Waals surface area contributed by atoms with Crippen LogP contribution in [0.5, 0.6) is 5.75 Å². The van der Waals surface area contributed by atoms with Crippen LogP contribution >= 0.6 is 0 Å². The van der Waals surface area contributed by atoms with Crippen LogP contribution in [-0.2, 0) is 15.9 Å². The van der Waals surface area contributed by atoms with Gasteiger partial charge in [-0.1, -0.05) is 54.7 Å². The molecule has 2 aliphatic rings. The largest absolute Gasteiger partial charge is 0.508 e. The van der Waals surface area contributed by atoms with Gasteiger partial charge < -0.3 is 19.5 Å². The number of phenolic OH excluding ortho intramolecular Hbond substituents is 1. The zero-order valence-electron chi connectivity index (χ0n) is 22.0. The first-order valence-corrected chi connectivity index (χ1v) is 13.2. The SMILES string of the molecule is C=C(/C=C\C=C/C)[C@H]1CCc2cc(O)ccc2[C@H]1c1ccc(N2CCC(CC(OC)OC)CC2)cc1. The van der Waals surface area contributed by atoms with Crippen LogP contribution in [0.3, 0.4) is 0 Å². The molecule has 2 atom stereocenters. The van der Waals surface area contributed by atoms with Crippen LogP contribution < -0.4 is 4.90 Å². The van der Waals surface area contributed by atoms with Crippen molar-refractivity contribution in [2.45, 2.75) is 51.2 Å². The minimum absolute atomic E-state index is 0.100. The third-order valence-corrected chi connectivity index (χ3v) is 7.96. The van der Waals surface area contributed by atoms with E-state index >= 15 is 0 Å². The van der Waals surface area contributed by atoms with Crippen molar-refractivity contribution in [3.63, 3.8) is 0 Å². The number of rotatable bonds is 9. The maximum atomic E-state index is 10.1. The summed E-state index contributed by atoms with van der Waals surface area (Å²) in [6.45, 7) is 8.60. The normalized spacial score (nSPS) is 20.9. The predicted molar refractivity (Wildman–Crippen MR) is 149 cm³/mol. The number of fused-ring (bicyclic) bond motifs is 1. The van der Waals surface area contributed by atoms with E-state index in [-0.39, 0.29) is 12.2 Å². The van der Waals surface area contributed by atoms with Crippen molar-refractivity contribution in [1.29, 1.82) is 0 Å². The minimum atomic E-state index is -0.100. The van der Waals surface area contributed by atoms with E-state index in [0.717, 1.165) is 50.8 Å². The van der Waals surface area contributed by atoms with Gasteiger partial charge in [-0.25, -0.2) is 0 Å². The van der Waals surface area contributed by atoms with Gasteiger partial charge >= 0.3 is 0 Å². The first-order chi connectivity index (χ1) is 17.5. The number of allylic oxidation sites excluding steroid dienone is 5. The molecule has 0 unspecified atom stereocenters. The number of hydrogen-bond donors (Lipinski definition) is 1. The van der Waals surface area contributed by atoms with E-state index < -0.39 is 0 Å². The van der Waals surface area contributed by atoms with Gasteiger partial charge in [0.2, 0.25) is 0 Å². The first-order valence-electron chi connectivity index (χ1n) is 13.2. The number of ether oxygens (including phenoxy) is 2. The number of nitrogens with zero attached hydrogens (tertiary/aromatic N) is 1. The Balaban J connectivity index is 1.52. The first kappa shape index (κ1) is 26.2. The molecule has 1 fully saturated rings. The summed E-state index contributed by atoms with van der Waals surface area (Å²) < 4.78 is 10.8. The molecule has 0 amide bonds. The standard InChI is InChI=1S/C32H41NO3/c1-5-6-7-8-23(2)29-15-11-26-22-28(34)14-16-30(26)32(29)25-9-12-27(13-10-25)33-19-17-24(18-20-33)21-31(35-3)36-4/h5-10,12-14,16,22,24,29,31-32,34H,2,11,15,17-21H2,1,3-4H3/b6-5-,8-7-/t29-,32+/m1/s1. The second-order valence-corrected chi connectivity index (χ2v) is 10.1. The molecule has 4 heteroatoms. The topological polar surface area (TPSA) is 41.9 Å². The zero-order chi connectivity index (χ0) is 25.5. The Kier molecular flexibility index (Phi) is 9.06. The number of methoxy groups -OCH3 is 2. The van der Waals surface area contributed by atoms with Crippen LogP contribution in [0, 0.1) is 11.8 Å². The molecule has 192 valence electrons. The van der Waals surface area contributed by atoms with E-state index in [1.807, 2.05) is 25.1 Å². The van der Waals surface area contributed by atoms with Crippen molar-refractivity contribution in [2.75, 3.05) is 32.2 Å². The van der Waals surface area contributed by atoms with Gasteiger partial charge in [0.25, 0.3) is 0 Å². The van der Waals surface area contributed by atoms with Crippen LogP contribution in [0.1, 0.15) is 55.2 Å². The fraction of sp³-hybridized carbons (Fsp3) is 0.438. The van der Waals surface area contributed by atoms with Crippen molar-refractivity contribution >= 4 is 5.69 Å². The second-order valence-electron chi connectivity index (χ2n) is 10.1. The van der Waals surface area contributed by atoms with E-state index in [1.54, 1.807) is 14.2 Å². The highest BCUT2D eigenvalue weighted by atomic mass is 16.7. The summed E-state index contributed by atoms with van der Waals surface area (Å²) in [5, 5.41) is 10.1. The third-order valence-electron chi connectivity index (χ3n) is 7.96. The molecule has 0 spiro atoms. The number of piperidine rings is 1. The van der Waals surface area contributed by atoms with Crippen LogP contribution in [0.2, 0.25) is 0 Å². The molecule has 1 aliphatic heterocycles. The molecule has 4 nitrogen and oxygen atoms in total. The lowest BCUT2D eigenvalue weighted by Crippen LogP contribution is -2.35. The van der Waals surface area contributed by atoms with Crippen LogP contribution in [0.4, 0.5) is 5.69 Å². The van der Waals surface area contributed by atoms with Gasteiger partial charge in [0.15, 0.2) is 6.29 Å². The number of aromatic hydroxyl groups is 1. The highest BCUT2D eigenvalue weighted by molar-refractivity contribution is 5.52. The fourth-order valence-corrected chi connectivity index (χ4v) is 5.91. The molecule has 1 aliphatic carbocycles. The van der Waals surface area contributed by atoms with Crippen molar-refractivity contribution < 1.29 is 14.6 Å². The van der Waals surface area contributed by atoms with Gasteiger partial charge in [0.1, 0.15) is 5.75 Å². The number of anilines is 1. The molecule has 0 radical (unpaired) electrons. The van der Waals surface area contributed by atoms with Crippen LogP contribution in [0.15, 0.2) is 78.9 Å². The van der Waals surface area contributed by atoms with Crippen molar-refractivity contribution in [3.8, 4) is 5.75 Å². The lowest BCUT2D eigenvalue weighted by molar-refractivity contribution is -0.115. The summed E-state index contributed by atoms with van der Waals surface area (Å²) in [6, 6.07) is 15.0. The summed E-state index contributed by atoms with van der Waals surface area (Å²) >= 11 is 0. The average Bonchev–Trinajstić information content (AvgIpc) is 2.91. The molecule has 2 aromatic carbocycles. The minimum Gasteiger partial charge on any atom is -0.508 e. The Bertz CT molecular complexity index is 1060. The van der Waals surface area contributed by atoms with Crippen LogP contribution in [-0.4, -0.2) is 38.7 Å². The summed E-state index contributed by atoms with van der Waals surface area (Å²) in [5.74, 6) is 1.55. The molecule has 0 bridgehead atoms. The highest BCUT2D eigenvalue weighted by Gasteiger charge is 2.32.